The molecule has 2 atom stereocenters. The van der Waals surface area contributed by atoms with Crippen molar-refractivity contribution in [3.63, 3.8) is 0 Å². The summed E-state index contributed by atoms with van der Waals surface area (Å²) in [5.74, 6) is -0.270. The van der Waals surface area contributed by atoms with E-state index in [0.717, 1.165) is 13.1 Å². The summed E-state index contributed by atoms with van der Waals surface area (Å²) in [4.78, 5) is 17.0. The molecule has 2 unspecified atom stereocenters. The normalized spacial score (nSPS) is 23.2. The Morgan fingerprint density at radius 2 is 1.39 bits per heavy atom. The minimum atomic E-state index is -0.270. The van der Waals surface area contributed by atoms with Crippen molar-refractivity contribution in [2.75, 3.05) is 20.2 Å². The average Bonchev–Trinajstić information content (AvgIpc) is 3.37. The van der Waals surface area contributed by atoms with E-state index in [4.69, 9.17) is 4.74 Å². The van der Waals surface area contributed by atoms with Gasteiger partial charge >= 0.3 is 5.97 Å². The van der Waals surface area contributed by atoms with Crippen LogP contribution in [0.25, 0.3) is 0 Å². The standard InChI is InChI=1S/C24H30N2O2/c1-28-24(27)21-13-11-20(12-14-21)18-26-16-6-10-23(26)22-9-5-15-25(22)17-19-7-3-2-4-8-19/h2-4,7-8,11-14,22-23H,5-6,9-10,15-18H2,1H3. The van der Waals surface area contributed by atoms with Gasteiger partial charge in [0.25, 0.3) is 0 Å². The molecule has 28 heavy (non-hydrogen) atoms. The van der Waals surface area contributed by atoms with E-state index in [-0.39, 0.29) is 5.97 Å². The lowest BCUT2D eigenvalue weighted by atomic mass is 10.0. The Hall–Kier alpha value is -2.17. The van der Waals surface area contributed by atoms with Gasteiger partial charge in [-0.05, 0) is 62.0 Å². The summed E-state index contributed by atoms with van der Waals surface area (Å²) in [5.41, 5.74) is 3.30. The number of methoxy groups -OCH3 is 1. The third-order valence-corrected chi connectivity index (χ3v) is 6.26. The SMILES string of the molecule is COC(=O)c1ccc(CN2CCCC2C2CCCN2Cc2ccccc2)cc1. The van der Waals surface area contributed by atoms with Crippen molar-refractivity contribution >= 4 is 5.97 Å². The van der Waals surface area contributed by atoms with Crippen molar-refractivity contribution < 1.29 is 9.53 Å². The van der Waals surface area contributed by atoms with Crippen LogP contribution in [0.4, 0.5) is 0 Å². The minimum absolute atomic E-state index is 0.270. The first kappa shape index (κ1) is 19.2. The van der Waals surface area contributed by atoms with Crippen LogP contribution in [0.1, 0.15) is 47.2 Å². The molecule has 4 rings (SSSR count). The summed E-state index contributed by atoms with van der Waals surface area (Å²) in [6, 6.07) is 20.0. The Morgan fingerprint density at radius 1 is 0.857 bits per heavy atom. The molecule has 2 fully saturated rings. The smallest absolute Gasteiger partial charge is 0.337 e. The van der Waals surface area contributed by atoms with Crippen molar-refractivity contribution in [3.05, 3.63) is 71.3 Å². The van der Waals surface area contributed by atoms with E-state index < -0.39 is 0 Å². The Morgan fingerprint density at radius 3 is 1.93 bits per heavy atom. The largest absolute Gasteiger partial charge is 0.465 e. The minimum Gasteiger partial charge on any atom is -0.465 e. The molecule has 0 N–H and O–H groups in total. The molecule has 4 heteroatoms. The zero-order valence-electron chi connectivity index (χ0n) is 16.7. The number of likely N-dealkylation sites (tertiary alicyclic amines) is 2. The van der Waals surface area contributed by atoms with Crippen molar-refractivity contribution in [2.45, 2.75) is 50.9 Å². The van der Waals surface area contributed by atoms with E-state index in [1.165, 1.54) is 57.0 Å². The number of ether oxygens (including phenoxy) is 1. The summed E-state index contributed by atoms with van der Waals surface area (Å²) in [7, 11) is 1.42. The molecule has 2 heterocycles. The summed E-state index contributed by atoms with van der Waals surface area (Å²) in [6.45, 7) is 4.39. The van der Waals surface area contributed by atoms with Crippen LogP contribution >= 0.6 is 0 Å². The molecule has 148 valence electrons. The Labute approximate surface area is 168 Å². The zero-order valence-corrected chi connectivity index (χ0v) is 16.7. The number of nitrogens with zero attached hydrogens (tertiary/aromatic N) is 2. The summed E-state index contributed by atoms with van der Waals surface area (Å²) < 4.78 is 4.80. The molecule has 4 nitrogen and oxygen atoms in total. The fourth-order valence-corrected chi connectivity index (χ4v) is 4.88. The van der Waals surface area contributed by atoms with Gasteiger partial charge in [0.2, 0.25) is 0 Å². The van der Waals surface area contributed by atoms with Gasteiger partial charge in [0.1, 0.15) is 0 Å². The molecule has 0 saturated carbocycles. The second-order valence-electron chi connectivity index (χ2n) is 8.03. The maximum absolute atomic E-state index is 11.6. The number of hydrogen-bond donors (Lipinski definition) is 0. The first-order chi connectivity index (χ1) is 13.7. The maximum Gasteiger partial charge on any atom is 0.337 e. The van der Waals surface area contributed by atoms with Gasteiger partial charge in [-0.15, -0.1) is 0 Å². The Kier molecular flexibility index (Phi) is 6.08. The number of benzene rings is 2. The van der Waals surface area contributed by atoms with E-state index in [2.05, 4.69) is 52.3 Å². The fourth-order valence-electron chi connectivity index (χ4n) is 4.88. The molecule has 0 spiro atoms. The summed E-state index contributed by atoms with van der Waals surface area (Å²) in [5, 5.41) is 0. The summed E-state index contributed by atoms with van der Waals surface area (Å²) in [6.07, 6.45) is 5.17. The Balaban J connectivity index is 1.42. The van der Waals surface area contributed by atoms with Crippen LogP contribution in [0.3, 0.4) is 0 Å². The molecule has 2 saturated heterocycles. The predicted octanol–water partition coefficient (Wildman–Crippen LogP) is 4.10. The van der Waals surface area contributed by atoms with Crippen molar-refractivity contribution in [1.82, 2.24) is 9.80 Å². The van der Waals surface area contributed by atoms with Gasteiger partial charge in [0.05, 0.1) is 12.7 Å². The highest BCUT2D eigenvalue weighted by molar-refractivity contribution is 5.89. The lowest BCUT2D eigenvalue weighted by Gasteiger charge is -2.35. The van der Waals surface area contributed by atoms with Gasteiger partial charge < -0.3 is 4.74 Å². The van der Waals surface area contributed by atoms with Gasteiger partial charge in [-0.25, -0.2) is 4.79 Å². The molecular weight excluding hydrogens is 348 g/mol. The molecule has 0 radical (unpaired) electrons. The quantitative estimate of drug-likeness (QED) is 0.709. The molecule has 0 aromatic heterocycles. The lowest BCUT2D eigenvalue weighted by molar-refractivity contribution is 0.0600. The van der Waals surface area contributed by atoms with Crippen LogP contribution in [-0.4, -0.2) is 48.1 Å². The van der Waals surface area contributed by atoms with Crippen molar-refractivity contribution in [2.24, 2.45) is 0 Å². The highest BCUT2D eigenvalue weighted by Gasteiger charge is 2.37. The van der Waals surface area contributed by atoms with E-state index in [1.54, 1.807) is 0 Å². The van der Waals surface area contributed by atoms with E-state index in [1.807, 2.05) is 12.1 Å². The molecular formula is C24H30N2O2. The number of esters is 1. The van der Waals surface area contributed by atoms with Crippen molar-refractivity contribution in [3.8, 4) is 0 Å². The second-order valence-corrected chi connectivity index (χ2v) is 8.03. The van der Waals surface area contributed by atoms with E-state index in [0.29, 0.717) is 17.6 Å². The second kappa shape index (κ2) is 8.89. The van der Waals surface area contributed by atoms with Gasteiger partial charge in [0.15, 0.2) is 0 Å². The van der Waals surface area contributed by atoms with Crippen LogP contribution in [0.5, 0.6) is 0 Å². The topological polar surface area (TPSA) is 32.8 Å². The van der Waals surface area contributed by atoms with Crippen LogP contribution in [0.2, 0.25) is 0 Å². The highest BCUT2D eigenvalue weighted by atomic mass is 16.5. The van der Waals surface area contributed by atoms with Gasteiger partial charge in [-0.1, -0.05) is 42.5 Å². The predicted molar refractivity (Wildman–Crippen MR) is 111 cm³/mol. The highest BCUT2D eigenvalue weighted by Crippen LogP contribution is 2.32. The first-order valence-corrected chi connectivity index (χ1v) is 10.4. The molecule has 2 aromatic carbocycles. The van der Waals surface area contributed by atoms with Gasteiger partial charge in [-0.2, -0.15) is 0 Å². The molecule has 2 aliphatic rings. The zero-order chi connectivity index (χ0) is 19.3. The average molecular weight is 379 g/mol. The first-order valence-electron chi connectivity index (χ1n) is 10.4. The maximum atomic E-state index is 11.6. The summed E-state index contributed by atoms with van der Waals surface area (Å²) >= 11 is 0. The van der Waals surface area contributed by atoms with Crippen LogP contribution in [0, 0.1) is 0 Å². The number of hydrogen-bond acceptors (Lipinski definition) is 4. The fraction of sp³-hybridized carbons (Fsp3) is 0.458. The third-order valence-electron chi connectivity index (χ3n) is 6.26. The van der Waals surface area contributed by atoms with E-state index in [9.17, 15) is 4.79 Å². The molecule has 0 bridgehead atoms. The Bertz CT molecular complexity index is 775. The lowest BCUT2D eigenvalue weighted by Crippen LogP contribution is -2.45. The van der Waals surface area contributed by atoms with Gasteiger partial charge in [0, 0.05) is 25.2 Å². The van der Waals surface area contributed by atoms with Crippen LogP contribution < -0.4 is 0 Å². The number of rotatable bonds is 6. The third kappa shape index (κ3) is 4.29. The van der Waals surface area contributed by atoms with Gasteiger partial charge in [-0.3, -0.25) is 9.80 Å². The van der Waals surface area contributed by atoms with E-state index >= 15 is 0 Å². The van der Waals surface area contributed by atoms with Crippen LogP contribution in [-0.2, 0) is 17.8 Å². The molecule has 2 aromatic rings. The number of carbonyl (C=O) groups excluding carboxylic acids is 1. The van der Waals surface area contributed by atoms with Crippen molar-refractivity contribution in [1.29, 1.82) is 0 Å². The molecule has 2 aliphatic heterocycles. The molecule has 0 amide bonds. The monoisotopic (exact) mass is 378 g/mol. The van der Waals surface area contributed by atoms with Crippen LogP contribution in [0.15, 0.2) is 54.6 Å². The molecule has 0 aliphatic carbocycles. The number of carbonyl (C=O) groups is 1.